The number of amides is 2. The number of furan rings is 1. The first kappa shape index (κ1) is 19.0. The number of rotatable bonds is 5. The van der Waals surface area contributed by atoms with Crippen molar-refractivity contribution in [3.05, 3.63) is 77.6 Å². The van der Waals surface area contributed by atoms with Crippen LogP contribution in [-0.4, -0.2) is 18.4 Å². The zero-order chi connectivity index (χ0) is 20.4. The van der Waals surface area contributed by atoms with E-state index in [1.807, 2.05) is 42.5 Å². The Morgan fingerprint density at radius 3 is 2.69 bits per heavy atom. The molecule has 5 nitrogen and oxygen atoms in total. The molecule has 29 heavy (non-hydrogen) atoms. The van der Waals surface area contributed by atoms with Crippen molar-refractivity contribution in [1.82, 2.24) is 5.32 Å². The summed E-state index contributed by atoms with van der Waals surface area (Å²) in [6, 6.07) is 19.3. The summed E-state index contributed by atoms with van der Waals surface area (Å²) in [5.41, 5.74) is 3.90. The molecule has 2 amide bonds. The summed E-state index contributed by atoms with van der Waals surface area (Å²) in [6.45, 7) is 4.92. The van der Waals surface area contributed by atoms with Gasteiger partial charge in [0.1, 0.15) is 5.76 Å². The predicted molar refractivity (Wildman–Crippen MR) is 113 cm³/mol. The van der Waals surface area contributed by atoms with E-state index in [2.05, 4.69) is 36.6 Å². The zero-order valence-corrected chi connectivity index (χ0v) is 16.6. The van der Waals surface area contributed by atoms with Crippen molar-refractivity contribution in [2.75, 3.05) is 11.9 Å². The van der Waals surface area contributed by atoms with Crippen LogP contribution in [0.15, 0.2) is 65.1 Å². The Labute approximate surface area is 170 Å². The predicted octanol–water partition coefficient (Wildman–Crippen LogP) is 4.93. The van der Waals surface area contributed by atoms with Crippen molar-refractivity contribution in [3.8, 4) is 11.3 Å². The van der Waals surface area contributed by atoms with Gasteiger partial charge in [0.25, 0.3) is 5.91 Å². The van der Waals surface area contributed by atoms with E-state index >= 15 is 0 Å². The fourth-order valence-corrected chi connectivity index (χ4v) is 3.57. The van der Waals surface area contributed by atoms with E-state index in [4.69, 9.17) is 4.42 Å². The van der Waals surface area contributed by atoms with E-state index in [0.717, 1.165) is 11.1 Å². The number of hydrogen-bond donors (Lipinski definition) is 2. The summed E-state index contributed by atoms with van der Waals surface area (Å²) in [4.78, 5) is 24.1. The highest BCUT2D eigenvalue weighted by atomic mass is 16.3. The van der Waals surface area contributed by atoms with Crippen LogP contribution in [0.1, 0.15) is 53.8 Å². The van der Waals surface area contributed by atoms with Gasteiger partial charge in [0.05, 0.1) is 0 Å². The largest absolute Gasteiger partial charge is 0.451 e. The molecule has 5 heteroatoms. The average Bonchev–Trinajstić information content (AvgIpc) is 3.38. The molecule has 0 unspecified atom stereocenters. The van der Waals surface area contributed by atoms with Crippen LogP contribution < -0.4 is 10.6 Å². The van der Waals surface area contributed by atoms with Crippen molar-refractivity contribution in [3.63, 3.8) is 0 Å². The van der Waals surface area contributed by atoms with Gasteiger partial charge in [-0.15, -0.1) is 0 Å². The Balaban J connectivity index is 1.49. The Morgan fingerprint density at radius 2 is 1.93 bits per heavy atom. The van der Waals surface area contributed by atoms with Crippen molar-refractivity contribution in [2.45, 2.75) is 32.1 Å². The molecule has 2 N–H and O–H groups in total. The average molecular weight is 388 g/mol. The first-order valence-electron chi connectivity index (χ1n) is 9.88. The molecule has 2 aromatic carbocycles. The molecule has 0 aliphatic carbocycles. The lowest BCUT2D eigenvalue weighted by Crippen LogP contribution is -2.13. The lowest BCUT2D eigenvalue weighted by atomic mass is 9.98. The molecule has 0 bridgehead atoms. The number of benzene rings is 2. The SMILES string of the molecule is CC(C)c1cccc(-c2ccc(C(=O)Nc3cccc([C@H]4CNC(=O)C4)c3)o2)c1. The Bertz CT molecular complexity index is 1050. The Hall–Kier alpha value is -3.34. The van der Waals surface area contributed by atoms with Crippen molar-refractivity contribution < 1.29 is 14.0 Å². The summed E-state index contributed by atoms with van der Waals surface area (Å²) in [7, 11) is 0. The maximum Gasteiger partial charge on any atom is 0.291 e. The lowest BCUT2D eigenvalue weighted by Gasteiger charge is -2.10. The summed E-state index contributed by atoms with van der Waals surface area (Å²) in [5.74, 6) is 1.26. The smallest absolute Gasteiger partial charge is 0.291 e. The van der Waals surface area contributed by atoms with Crippen LogP contribution in [0.3, 0.4) is 0 Å². The molecule has 2 heterocycles. The molecule has 4 rings (SSSR count). The van der Waals surface area contributed by atoms with Gasteiger partial charge < -0.3 is 15.1 Å². The van der Waals surface area contributed by atoms with Crippen LogP contribution in [0.25, 0.3) is 11.3 Å². The van der Waals surface area contributed by atoms with Gasteiger partial charge in [0.2, 0.25) is 5.91 Å². The normalized spacial score (nSPS) is 16.1. The summed E-state index contributed by atoms with van der Waals surface area (Å²) < 4.78 is 5.82. The first-order valence-corrected chi connectivity index (χ1v) is 9.88. The molecule has 1 aliphatic rings. The lowest BCUT2D eigenvalue weighted by molar-refractivity contribution is -0.119. The minimum absolute atomic E-state index is 0.0640. The zero-order valence-electron chi connectivity index (χ0n) is 16.6. The van der Waals surface area contributed by atoms with Crippen LogP contribution in [0.2, 0.25) is 0 Å². The van der Waals surface area contributed by atoms with Gasteiger partial charge in [-0.2, -0.15) is 0 Å². The number of carbonyl (C=O) groups is 2. The van der Waals surface area contributed by atoms with Gasteiger partial charge in [-0.1, -0.05) is 44.2 Å². The molecule has 0 saturated carbocycles. The third-order valence-electron chi connectivity index (χ3n) is 5.26. The molecule has 1 aromatic heterocycles. The van der Waals surface area contributed by atoms with E-state index in [-0.39, 0.29) is 23.5 Å². The number of anilines is 1. The number of hydrogen-bond acceptors (Lipinski definition) is 3. The van der Waals surface area contributed by atoms with Crippen LogP contribution >= 0.6 is 0 Å². The van der Waals surface area contributed by atoms with E-state index in [9.17, 15) is 9.59 Å². The molecule has 1 aliphatic heterocycles. The minimum atomic E-state index is -0.297. The van der Waals surface area contributed by atoms with Crippen molar-refractivity contribution in [2.24, 2.45) is 0 Å². The second-order valence-corrected chi connectivity index (χ2v) is 7.73. The van der Waals surface area contributed by atoms with Crippen LogP contribution in [0.5, 0.6) is 0 Å². The molecule has 148 valence electrons. The van der Waals surface area contributed by atoms with E-state index in [1.165, 1.54) is 5.56 Å². The van der Waals surface area contributed by atoms with Crippen LogP contribution in [0.4, 0.5) is 5.69 Å². The minimum Gasteiger partial charge on any atom is -0.451 e. The monoisotopic (exact) mass is 388 g/mol. The summed E-state index contributed by atoms with van der Waals surface area (Å²) in [5, 5.41) is 5.73. The second-order valence-electron chi connectivity index (χ2n) is 7.73. The van der Waals surface area contributed by atoms with Crippen LogP contribution in [0, 0.1) is 0 Å². The van der Waals surface area contributed by atoms with Crippen molar-refractivity contribution >= 4 is 17.5 Å². The van der Waals surface area contributed by atoms with E-state index < -0.39 is 0 Å². The molecule has 0 spiro atoms. The number of nitrogens with one attached hydrogen (secondary N) is 2. The molecular weight excluding hydrogens is 364 g/mol. The standard InChI is InChI=1S/C24H24N2O3/c1-15(2)16-5-3-7-18(11-16)21-9-10-22(29-21)24(28)26-20-8-4-6-17(12-20)19-13-23(27)25-14-19/h3-12,15,19H,13-14H2,1-2H3,(H,25,27)(H,26,28)/t19-/m1/s1. The maximum atomic E-state index is 12.6. The first-order chi connectivity index (χ1) is 14.0. The molecule has 1 fully saturated rings. The van der Waals surface area contributed by atoms with Gasteiger partial charge in [0, 0.05) is 30.1 Å². The summed E-state index contributed by atoms with van der Waals surface area (Å²) in [6.07, 6.45) is 0.481. The summed E-state index contributed by atoms with van der Waals surface area (Å²) >= 11 is 0. The van der Waals surface area contributed by atoms with Gasteiger partial charge >= 0.3 is 0 Å². The highest BCUT2D eigenvalue weighted by Gasteiger charge is 2.23. The third-order valence-corrected chi connectivity index (χ3v) is 5.26. The fourth-order valence-electron chi connectivity index (χ4n) is 3.57. The molecule has 1 atom stereocenters. The topological polar surface area (TPSA) is 71.3 Å². The fraction of sp³-hybridized carbons (Fsp3) is 0.250. The van der Waals surface area contributed by atoms with Gasteiger partial charge in [-0.3, -0.25) is 9.59 Å². The molecule has 1 saturated heterocycles. The van der Waals surface area contributed by atoms with E-state index in [0.29, 0.717) is 30.3 Å². The van der Waals surface area contributed by atoms with Crippen molar-refractivity contribution in [1.29, 1.82) is 0 Å². The highest BCUT2D eigenvalue weighted by molar-refractivity contribution is 6.02. The third kappa shape index (κ3) is 4.24. The Morgan fingerprint density at radius 1 is 1.10 bits per heavy atom. The van der Waals surface area contributed by atoms with Gasteiger partial charge in [0.15, 0.2) is 5.76 Å². The second kappa shape index (κ2) is 7.95. The van der Waals surface area contributed by atoms with Gasteiger partial charge in [-0.25, -0.2) is 0 Å². The Kier molecular flexibility index (Phi) is 5.21. The highest BCUT2D eigenvalue weighted by Crippen LogP contribution is 2.27. The molecule has 0 radical (unpaired) electrons. The van der Waals surface area contributed by atoms with Crippen LogP contribution in [-0.2, 0) is 4.79 Å². The molecular formula is C24H24N2O3. The quantitative estimate of drug-likeness (QED) is 0.651. The molecule has 3 aromatic rings. The van der Waals surface area contributed by atoms with E-state index in [1.54, 1.807) is 6.07 Å². The maximum absolute atomic E-state index is 12.6. The van der Waals surface area contributed by atoms with Gasteiger partial charge in [-0.05, 0) is 47.4 Å². The number of carbonyl (C=O) groups excluding carboxylic acids is 2.